The molecule has 3 heteroatoms. The summed E-state index contributed by atoms with van der Waals surface area (Å²) in [6.45, 7) is 6.60. The van der Waals surface area contributed by atoms with Crippen LogP contribution in [-0.4, -0.2) is 37.4 Å². The smallest absolute Gasteiger partial charge is 0.150 e. The highest BCUT2D eigenvalue weighted by Gasteiger charge is 2.15. The maximum atomic E-state index is 10.7. The molecule has 1 unspecified atom stereocenters. The van der Waals surface area contributed by atoms with E-state index < -0.39 is 0 Å². The van der Waals surface area contributed by atoms with Crippen molar-refractivity contribution in [2.45, 2.75) is 26.2 Å². The number of aldehydes is 1. The third-order valence-corrected chi connectivity index (χ3v) is 3.62. The maximum absolute atomic E-state index is 10.7. The molecular formula is C16H23NO2. The van der Waals surface area contributed by atoms with Gasteiger partial charge in [0.2, 0.25) is 0 Å². The lowest BCUT2D eigenvalue weighted by molar-refractivity contribution is 0.112. The topological polar surface area (TPSA) is 29.5 Å². The van der Waals surface area contributed by atoms with E-state index >= 15 is 0 Å². The van der Waals surface area contributed by atoms with Crippen LogP contribution in [0.4, 0.5) is 0 Å². The van der Waals surface area contributed by atoms with Gasteiger partial charge < -0.3 is 9.64 Å². The predicted octanol–water partition coefficient (Wildman–Crippen LogP) is 3.00. The van der Waals surface area contributed by atoms with Gasteiger partial charge in [0.15, 0.2) is 0 Å². The van der Waals surface area contributed by atoms with Gasteiger partial charge in [-0.05, 0) is 43.9 Å². The first-order valence-corrected chi connectivity index (χ1v) is 7.18. The summed E-state index contributed by atoms with van der Waals surface area (Å²) in [7, 11) is 0. The van der Waals surface area contributed by atoms with E-state index in [9.17, 15) is 4.79 Å². The lowest BCUT2D eigenvalue weighted by Gasteiger charge is -2.30. The molecule has 1 saturated heterocycles. The van der Waals surface area contributed by atoms with Gasteiger partial charge in [0.25, 0.3) is 0 Å². The number of hydrogen-bond donors (Lipinski definition) is 0. The van der Waals surface area contributed by atoms with Crippen molar-refractivity contribution >= 4 is 6.29 Å². The molecule has 3 nitrogen and oxygen atoms in total. The zero-order valence-corrected chi connectivity index (χ0v) is 11.7. The van der Waals surface area contributed by atoms with Gasteiger partial charge in [-0.25, -0.2) is 0 Å². The van der Waals surface area contributed by atoms with Crippen LogP contribution in [-0.2, 0) is 0 Å². The first-order chi connectivity index (χ1) is 9.28. The molecule has 104 valence electrons. The summed E-state index contributed by atoms with van der Waals surface area (Å²) in [5.74, 6) is 1.62. The Morgan fingerprint density at radius 1 is 1.47 bits per heavy atom. The Hall–Kier alpha value is -1.35. The van der Waals surface area contributed by atoms with Gasteiger partial charge in [-0.2, -0.15) is 0 Å². The Balaban J connectivity index is 1.67. The van der Waals surface area contributed by atoms with Crippen molar-refractivity contribution in [3.05, 3.63) is 29.8 Å². The summed E-state index contributed by atoms with van der Waals surface area (Å²) < 4.78 is 5.68. The highest BCUT2D eigenvalue weighted by atomic mass is 16.5. The van der Waals surface area contributed by atoms with Gasteiger partial charge in [-0.15, -0.1) is 0 Å². The Labute approximate surface area is 115 Å². The minimum atomic E-state index is 0.669. The molecule has 1 atom stereocenters. The molecule has 2 rings (SSSR count). The van der Waals surface area contributed by atoms with Gasteiger partial charge in [-0.1, -0.05) is 19.1 Å². The molecule has 1 aromatic carbocycles. The SMILES string of the molecule is CC1CCCN(CCCOc2cccc(C=O)c2)C1. The third-order valence-electron chi connectivity index (χ3n) is 3.62. The van der Waals surface area contributed by atoms with Crippen LogP contribution in [0.15, 0.2) is 24.3 Å². The highest BCUT2D eigenvalue weighted by Crippen LogP contribution is 2.16. The van der Waals surface area contributed by atoms with Gasteiger partial charge >= 0.3 is 0 Å². The maximum Gasteiger partial charge on any atom is 0.150 e. The van der Waals surface area contributed by atoms with E-state index in [1.165, 1.54) is 25.9 Å². The van der Waals surface area contributed by atoms with Crippen LogP contribution in [0.1, 0.15) is 36.5 Å². The molecule has 0 saturated carbocycles. The zero-order valence-electron chi connectivity index (χ0n) is 11.7. The van der Waals surface area contributed by atoms with Crippen LogP contribution in [0.2, 0.25) is 0 Å². The number of likely N-dealkylation sites (tertiary alicyclic amines) is 1. The van der Waals surface area contributed by atoms with Crippen LogP contribution in [0, 0.1) is 5.92 Å². The molecule has 0 amide bonds. The molecule has 1 aromatic rings. The quantitative estimate of drug-likeness (QED) is 0.582. The van der Waals surface area contributed by atoms with Crippen molar-refractivity contribution in [1.82, 2.24) is 4.90 Å². The zero-order chi connectivity index (χ0) is 13.5. The molecule has 0 bridgehead atoms. The largest absolute Gasteiger partial charge is 0.494 e. The molecule has 19 heavy (non-hydrogen) atoms. The lowest BCUT2D eigenvalue weighted by atomic mass is 10.0. The Morgan fingerprint density at radius 3 is 3.16 bits per heavy atom. The molecule has 0 aliphatic carbocycles. The molecule has 0 radical (unpaired) electrons. The number of nitrogens with zero attached hydrogens (tertiary/aromatic N) is 1. The summed E-state index contributed by atoms with van der Waals surface area (Å²) in [5, 5.41) is 0. The van der Waals surface area contributed by atoms with Crippen molar-refractivity contribution in [2.24, 2.45) is 5.92 Å². The summed E-state index contributed by atoms with van der Waals surface area (Å²) in [5.41, 5.74) is 0.669. The van der Waals surface area contributed by atoms with Crippen molar-refractivity contribution in [1.29, 1.82) is 0 Å². The fraction of sp³-hybridized carbons (Fsp3) is 0.562. The number of benzene rings is 1. The average molecular weight is 261 g/mol. The molecule has 1 fully saturated rings. The summed E-state index contributed by atoms with van der Waals surface area (Å²) >= 11 is 0. The fourth-order valence-electron chi connectivity index (χ4n) is 2.65. The van der Waals surface area contributed by atoms with E-state index in [0.29, 0.717) is 12.2 Å². The van der Waals surface area contributed by atoms with Crippen molar-refractivity contribution in [3.63, 3.8) is 0 Å². The standard InChI is InChI=1S/C16H23NO2/c1-14-5-3-8-17(12-14)9-4-10-19-16-7-2-6-15(11-16)13-18/h2,6-7,11,13-14H,3-5,8-10,12H2,1H3. The molecular weight excluding hydrogens is 238 g/mol. The van der Waals surface area contributed by atoms with E-state index in [0.717, 1.165) is 30.9 Å². The fourth-order valence-corrected chi connectivity index (χ4v) is 2.65. The number of carbonyl (C=O) groups excluding carboxylic acids is 1. The minimum absolute atomic E-state index is 0.669. The number of carbonyl (C=O) groups is 1. The van der Waals surface area contributed by atoms with E-state index in [1.54, 1.807) is 12.1 Å². The van der Waals surface area contributed by atoms with Crippen molar-refractivity contribution < 1.29 is 9.53 Å². The molecule has 1 aliphatic heterocycles. The van der Waals surface area contributed by atoms with Crippen molar-refractivity contribution in [3.8, 4) is 5.75 Å². The lowest BCUT2D eigenvalue weighted by Crippen LogP contribution is -2.35. The predicted molar refractivity (Wildman–Crippen MR) is 76.8 cm³/mol. The normalized spacial score (nSPS) is 20.2. The summed E-state index contributed by atoms with van der Waals surface area (Å²) in [4.78, 5) is 13.2. The van der Waals surface area contributed by atoms with Crippen LogP contribution in [0.5, 0.6) is 5.75 Å². The highest BCUT2D eigenvalue weighted by molar-refractivity contribution is 5.75. The van der Waals surface area contributed by atoms with Crippen LogP contribution < -0.4 is 4.74 Å². The average Bonchev–Trinajstić information content (AvgIpc) is 2.44. The van der Waals surface area contributed by atoms with E-state index in [4.69, 9.17) is 4.74 Å². The monoisotopic (exact) mass is 261 g/mol. The summed E-state index contributed by atoms with van der Waals surface area (Å²) in [6, 6.07) is 7.33. The number of ether oxygens (including phenoxy) is 1. The third kappa shape index (κ3) is 4.67. The first-order valence-electron chi connectivity index (χ1n) is 7.18. The number of piperidine rings is 1. The van der Waals surface area contributed by atoms with E-state index in [1.807, 2.05) is 12.1 Å². The molecule has 0 aromatic heterocycles. The Bertz CT molecular complexity index is 405. The molecule has 0 N–H and O–H groups in total. The van der Waals surface area contributed by atoms with Crippen LogP contribution in [0.3, 0.4) is 0 Å². The van der Waals surface area contributed by atoms with Gasteiger partial charge in [0.05, 0.1) is 6.61 Å². The minimum Gasteiger partial charge on any atom is -0.494 e. The Kier molecular flexibility index (Phi) is 5.40. The molecule has 0 spiro atoms. The van der Waals surface area contributed by atoms with Crippen LogP contribution >= 0.6 is 0 Å². The second-order valence-corrected chi connectivity index (χ2v) is 5.44. The van der Waals surface area contributed by atoms with Gasteiger partial charge in [-0.3, -0.25) is 4.79 Å². The van der Waals surface area contributed by atoms with E-state index in [2.05, 4.69) is 11.8 Å². The van der Waals surface area contributed by atoms with Crippen LogP contribution in [0.25, 0.3) is 0 Å². The van der Waals surface area contributed by atoms with E-state index in [-0.39, 0.29) is 0 Å². The second-order valence-electron chi connectivity index (χ2n) is 5.44. The van der Waals surface area contributed by atoms with Gasteiger partial charge in [0.1, 0.15) is 12.0 Å². The first kappa shape index (κ1) is 14.1. The van der Waals surface area contributed by atoms with Crippen molar-refractivity contribution in [2.75, 3.05) is 26.2 Å². The second kappa shape index (κ2) is 7.29. The molecule has 1 aliphatic rings. The Morgan fingerprint density at radius 2 is 2.37 bits per heavy atom. The number of rotatable bonds is 6. The summed E-state index contributed by atoms with van der Waals surface area (Å²) in [6.07, 6.45) is 4.58. The molecule has 1 heterocycles. The van der Waals surface area contributed by atoms with Gasteiger partial charge in [0, 0.05) is 18.7 Å². The number of hydrogen-bond acceptors (Lipinski definition) is 3.